The molecule has 0 aromatic heterocycles. The molecule has 0 aliphatic carbocycles. The van der Waals surface area contributed by atoms with Gasteiger partial charge in [-0.3, -0.25) is 10.1 Å². The van der Waals surface area contributed by atoms with Gasteiger partial charge in [-0.15, -0.1) is 0 Å². The fourth-order valence-electron chi connectivity index (χ4n) is 1.11. The zero-order valence-electron chi connectivity index (χ0n) is 5.79. The maximum atomic E-state index is 10.5. The molecule has 58 valence electrons. The summed E-state index contributed by atoms with van der Waals surface area (Å²) < 4.78 is 0. The molecule has 1 saturated heterocycles. The molecule has 1 rings (SSSR count). The van der Waals surface area contributed by atoms with Crippen LogP contribution in [0.1, 0.15) is 19.8 Å². The first-order valence-corrected chi connectivity index (χ1v) is 3.24. The molecule has 1 aliphatic heterocycles. The average molecular weight is 145 g/mol. The summed E-state index contributed by atoms with van der Waals surface area (Å²) in [5, 5.41) is 20.1. The van der Waals surface area contributed by atoms with Crippen molar-refractivity contribution in [2.75, 3.05) is 0 Å². The van der Waals surface area contributed by atoms with Crippen molar-refractivity contribution >= 4 is 5.97 Å². The second kappa shape index (κ2) is 2.21. The number of aliphatic hydroxyl groups is 1. The fraction of sp³-hybridized carbons (Fsp3) is 0.833. The lowest BCUT2D eigenvalue weighted by molar-refractivity contribution is -0.144. The molecule has 4 heteroatoms. The van der Waals surface area contributed by atoms with Crippen LogP contribution in [0.4, 0.5) is 0 Å². The monoisotopic (exact) mass is 145 g/mol. The van der Waals surface area contributed by atoms with Gasteiger partial charge >= 0.3 is 5.97 Å². The molecule has 0 saturated carbocycles. The fourth-order valence-corrected chi connectivity index (χ4v) is 1.11. The first-order valence-electron chi connectivity index (χ1n) is 3.24. The molecule has 0 spiro atoms. The normalized spacial score (nSPS) is 40.0. The highest BCUT2D eigenvalue weighted by Crippen LogP contribution is 2.21. The number of nitrogens with one attached hydrogen (secondary N) is 1. The van der Waals surface area contributed by atoms with E-state index in [-0.39, 0.29) is 0 Å². The number of aliphatic carboxylic acids is 1. The second-order valence-electron chi connectivity index (χ2n) is 2.84. The number of aliphatic hydroxyl groups excluding tert-OH is 1. The van der Waals surface area contributed by atoms with Gasteiger partial charge in [0, 0.05) is 0 Å². The van der Waals surface area contributed by atoms with Crippen LogP contribution in [0.5, 0.6) is 0 Å². The van der Waals surface area contributed by atoms with Gasteiger partial charge in [0.2, 0.25) is 0 Å². The summed E-state index contributed by atoms with van der Waals surface area (Å²) in [6, 6.07) is 0. The van der Waals surface area contributed by atoms with Crippen LogP contribution in [0.2, 0.25) is 0 Å². The van der Waals surface area contributed by atoms with Crippen LogP contribution in [0, 0.1) is 0 Å². The third-order valence-corrected chi connectivity index (χ3v) is 1.87. The molecule has 10 heavy (non-hydrogen) atoms. The quantitative estimate of drug-likeness (QED) is 0.466. The van der Waals surface area contributed by atoms with Crippen molar-refractivity contribution in [3.63, 3.8) is 0 Å². The SMILES string of the molecule is C[C@@]1(C(=O)O)CCC(O)N1. The summed E-state index contributed by atoms with van der Waals surface area (Å²) in [4.78, 5) is 10.5. The highest BCUT2D eigenvalue weighted by atomic mass is 16.4. The van der Waals surface area contributed by atoms with E-state index in [4.69, 9.17) is 10.2 Å². The van der Waals surface area contributed by atoms with Crippen LogP contribution >= 0.6 is 0 Å². The standard InChI is InChI=1S/C6H11NO3/c1-6(5(9)10)3-2-4(8)7-6/h4,7-8H,2-3H2,1H3,(H,9,10)/t4?,6-/m0/s1. The van der Waals surface area contributed by atoms with Crippen molar-refractivity contribution in [2.24, 2.45) is 0 Å². The molecule has 1 fully saturated rings. The second-order valence-corrected chi connectivity index (χ2v) is 2.84. The molecule has 0 radical (unpaired) electrons. The Morgan fingerprint density at radius 1 is 1.80 bits per heavy atom. The Morgan fingerprint density at radius 2 is 2.40 bits per heavy atom. The Morgan fingerprint density at radius 3 is 2.60 bits per heavy atom. The van der Waals surface area contributed by atoms with Crippen LogP contribution in [0.15, 0.2) is 0 Å². The van der Waals surface area contributed by atoms with Crippen LogP contribution < -0.4 is 5.32 Å². The van der Waals surface area contributed by atoms with Gasteiger partial charge in [-0.05, 0) is 19.8 Å². The summed E-state index contributed by atoms with van der Waals surface area (Å²) in [5.74, 6) is -0.899. The lowest BCUT2D eigenvalue weighted by Gasteiger charge is -2.18. The first-order chi connectivity index (χ1) is 4.54. The predicted molar refractivity (Wildman–Crippen MR) is 34.4 cm³/mol. The summed E-state index contributed by atoms with van der Waals surface area (Å²) in [7, 11) is 0. The zero-order valence-corrected chi connectivity index (χ0v) is 5.79. The molecule has 0 amide bonds. The van der Waals surface area contributed by atoms with Crippen LogP contribution in [-0.2, 0) is 4.79 Å². The molecule has 1 unspecified atom stereocenters. The van der Waals surface area contributed by atoms with Gasteiger partial charge in [0.1, 0.15) is 11.8 Å². The van der Waals surface area contributed by atoms with Gasteiger partial charge in [0.25, 0.3) is 0 Å². The van der Waals surface area contributed by atoms with Gasteiger partial charge in [-0.2, -0.15) is 0 Å². The molecule has 3 N–H and O–H groups in total. The van der Waals surface area contributed by atoms with Gasteiger partial charge in [-0.25, -0.2) is 0 Å². The van der Waals surface area contributed by atoms with E-state index < -0.39 is 17.7 Å². The van der Waals surface area contributed by atoms with Gasteiger partial charge in [0.05, 0.1) is 0 Å². The number of hydrogen-bond donors (Lipinski definition) is 3. The minimum atomic E-state index is -0.917. The van der Waals surface area contributed by atoms with Crippen molar-refractivity contribution < 1.29 is 15.0 Å². The van der Waals surface area contributed by atoms with Gasteiger partial charge in [-0.1, -0.05) is 0 Å². The van der Waals surface area contributed by atoms with Crippen molar-refractivity contribution in [3.8, 4) is 0 Å². The Balaban J connectivity index is 2.63. The van der Waals surface area contributed by atoms with Crippen LogP contribution in [-0.4, -0.2) is 27.9 Å². The topological polar surface area (TPSA) is 69.6 Å². The minimum absolute atomic E-state index is 0.490. The molecule has 0 aromatic rings. The smallest absolute Gasteiger partial charge is 0.323 e. The third-order valence-electron chi connectivity index (χ3n) is 1.87. The molecular weight excluding hydrogens is 134 g/mol. The van der Waals surface area contributed by atoms with Gasteiger partial charge in [0.15, 0.2) is 0 Å². The molecule has 1 aliphatic rings. The van der Waals surface area contributed by atoms with Crippen molar-refractivity contribution in [1.29, 1.82) is 0 Å². The van der Waals surface area contributed by atoms with E-state index in [0.29, 0.717) is 12.8 Å². The molecule has 2 atom stereocenters. The van der Waals surface area contributed by atoms with Gasteiger partial charge < -0.3 is 10.2 Å². The van der Waals surface area contributed by atoms with Crippen molar-refractivity contribution in [3.05, 3.63) is 0 Å². The molecule has 1 heterocycles. The van der Waals surface area contributed by atoms with Crippen molar-refractivity contribution in [2.45, 2.75) is 31.5 Å². The molecule has 0 aromatic carbocycles. The summed E-state index contributed by atoms with van der Waals surface area (Å²) in [5.41, 5.74) is -0.917. The lowest BCUT2D eigenvalue weighted by atomic mass is 10.0. The molecular formula is C6H11NO3. The highest BCUT2D eigenvalue weighted by molar-refractivity contribution is 5.78. The van der Waals surface area contributed by atoms with Crippen molar-refractivity contribution in [1.82, 2.24) is 5.32 Å². The minimum Gasteiger partial charge on any atom is -0.480 e. The Hall–Kier alpha value is -0.610. The Kier molecular flexibility index (Phi) is 1.66. The molecule has 4 nitrogen and oxygen atoms in total. The number of carboxylic acids is 1. The predicted octanol–water partition coefficient (Wildman–Crippen LogP) is -0.469. The maximum absolute atomic E-state index is 10.5. The zero-order chi connectivity index (χ0) is 7.78. The summed E-state index contributed by atoms with van der Waals surface area (Å²) >= 11 is 0. The largest absolute Gasteiger partial charge is 0.480 e. The van der Waals surface area contributed by atoms with E-state index in [9.17, 15) is 4.79 Å². The first kappa shape index (κ1) is 7.50. The lowest BCUT2D eigenvalue weighted by Crippen LogP contribution is -2.47. The van der Waals surface area contributed by atoms with E-state index in [1.807, 2.05) is 0 Å². The van der Waals surface area contributed by atoms with E-state index in [0.717, 1.165) is 0 Å². The van der Waals surface area contributed by atoms with E-state index in [1.165, 1.54) is 0 Å². The average Bonchev–Trinajstić information content (AvgIpc) is 2.13. The van der Waals surface area contributed by atoms with E-state index in [2.05, 4.69) is 5.32 Å². The number of hydrogen-bond acceptors (Lipinski definition) is 3. The van der Waals surface area contributed by atoms with E-state index >= 15 is 0 Å². The Bertz CT molecular complexity index is 159. The third kappa shape index (κ3) is 1.12. The Labute approximate surface area is 58.9 Å². The number of rotatable bonds is 1. The number of carboxylic acid groups (broad SMARTS) is 1. The summed E-state index contributed by atoms with van der Waals surface area (Å²) in [6.45, 7) is 1.57. The number of carbonyl (C=O) groups is 1. The van der Waals surface area contributed by atoms with Crippen LogP contribution in [0.25, 0.3) is 0 Å². The summed E-state index contributed by atoms with van der Waals surface area (Å²) in [6.07, 6.45) is 0.354. The molecule has 0 bridgehead atoms. The maximum Gasteiger partial charge on any atom is 0.323 e. The van der Waals surface area contributed by atoms with E-state index in [1.54, 1.807) is 6.92 Å². The van der Waals surface area contributed by atoms with Crippen LogP contribution in [0.3, 0.4) is 0 Å². The highest BCUT2D eigenvalue weighted by Gasteiger charge is 2.39.